The number of aromatic nitrogens is 1. The smallest absolute Gasteiger partial charge is 0.358 e. The zero-order chi connectivity index (χ0) is 30.0. The van der Waals surface area contributed by atoms with E-state index in [1.807, 2.05) is 25.2 Å². The minimum Gasteiger partial charge on any atom is -0.486 e. The molecule has 216 valence electrons. The molecule has 41 heavy (non-hydrogen) atoms. The van der Waals surface area contributed by atoms with E-state index in [1.165, 1.54) is 54.3 Å². The number of allylic oxidation sites excluding steroid dienone is 9. The van der Waals surface area contributed by atoms with Gasteiger partial charge in [-0.15, -0.1) is 0 Å². The van der Waals surface area contributed by atoms with Gasteiger partial charge in [0.2, 0.25) is 0 Å². The van der Waals surface area contributed by atoms with Crippen molar-refractivity contribution in [2.75, 3.05) is 6.61 Å². The molecule has 0 fully saturated rings. The Morgan fingerprint density at radius 2 is 1.85 bits per heavy atom. The van der Waals surface area contributed by atoms with Crippen molar-refractivity contribution in [3.05, 3.63) is 118 Å². The van der Waals surface area contributed by atoms with E-state index in [4.69, 9.17) is 9.47 Å². The van der Waals surface area contributed by atoms with Crippen LogP contribution in [0.5, 0.6) is 5.75 Å². The second kappa shape index (κ2) is 14.4. The molecule has 0 amide bonds. The van der Waals surface area contributed by atoms with Crippen molar-refractivity contribution in [1.82, 2.24) is 4.98 Å². The highest BCUT2D eigenvalue weighted by molar-refractivity contribution is 5.93. The molecule has 6 nitrogen and oxygen atoms in total. The zero-order valence-electron chi connectivity index (χ0n) is 24.4. The van der Waals surface area contributed by atoms with Gasteiger partial charge in [-0.05, 0) is 80.9 Å². The van der Waals surface area contributed by atoms with E-state index >= 15 is 0 Å². The van der Waals surface area contributed by atoms with Crippen molar-refractivity contribution >= 4 is 11.9 Å². The molecule has 1 aliphatic rings. The summed E-state index contributed by atoms with van der Waals surface area (Å²) in [5, 5.41) is 9.42. The molecule has 1 aliphatic carbocycles. The Morgan fingerprint density at radius 3 is 2.54 bits per heavy atom. The van der Waals surface area contributed by atoms with Crippen LogP contribution in [0.4, 0.5) is 4.39 Å². The van der Waals surface area contributed by atoms with E-state index in [2.05, 4.69) is 44.8 Å². The molecule has 0 spiro atoms. The molecule has 1 N–H and O–H groups in total. The predicted octanol–water partition coefficient (Wildman–Crippen LogP) is 8.19. The van der Waals surface area contributed by atoms with Crippen LogP contribution in [0, 0.1) is 11.2 Å². The zero-order valence-corrected chi connectivity index (χ0v) is 24.4. The quantitative estimate of drug-likeness (QED) is 0.221. The number of hydrogen-bond acceptors (Lipinski definition) is 5. The van der Waals surface area contributed by atoms with Crippen molar-refractivity contribution in [2.45, 2.75) is 60.5 Å². The second-order valence-electron chi connectivity index (χ2n) is 10.9. The Kier molecular flexibility index (Phi) is 11.0. The summed E-state index contributed by atoms with van der Waals surface area (Å²) in [6.07, 6.45) is 16.9. The van der Waals surface area contributed by atoms with Crippen LogP contribution in [0.1, 0.15) is 80.3 Å². The highest BCUT2D eigenvalue weighted by atomic mass is 19.1. The fourth-order valence-electron chi connectivity index (χ4n) is 4.60. The van der Waals surface area contributed by atoms with Gasteiger partial charge in [0.25, 0.3) is 0 Å². The number of pyridine rings is 1. The van der Waals surface area contributed by atoms with Gasteiger partial charge >= 0.3 is 11.9 Å². The molecule has 3 rings (SSSR count). The van der Waals surface area contributed by atoms with E-state index in [0.717, 1.165) is 23.8 Å². The summed E-state index contributed by atoms with van der Waals surface area (Å²) in [5.41, 5.74) is 5.51. The van der Waals surface area contributed by atoms with E-state index in [1.54, 1.807) is 6.08 Å². The minimum absolute atomic E-state index is 0.0196. The molecule has 1 heterocycles. The fraction of sp³-hybridized carbons (Fsp3) is 0.324. The van der Waals surface area contributed by atoms with Crippen molar-refractivity contribution in [1.29, 1.82) is 0 Å². The van der Waals surface area contributed by atoms with Gasteiger partial charge in [0.05, 0.1) is 5.56 Å². The first kappa shape index (κ1) is 31.3. The van der Waals surface area contributed by atoms with Crippen LogP contribution < -0.4 is 4.74 Å². The van der Waals surface area contributed by atoms with Gasteiger partial charge in [0, 0.05) is 6.20 Å². The van der Waals surface area contributed by atoms with Gasteiger partial charge in [0.1, 0.15) is 19.0 Å². The van der Waals surface area contributed by atoms with Gasteiger partial charge in [-0.1, -0.05) is 73.1 Å². The maximum absolute atomic E-state index is 13.1. The van der Waals surface area contributed by atoms with Crippen molar-refractivity contribution in [2.24, 2.45) is 5.41 Å². The van der Waals surface area contributed by atoms with Gasteiger partial charge in [0.15, 0.2) is 11.4 Å². The number of benzene rings is 1. The van der Waals surface area contributed by atoms with Crippen LogP contribution in [0.15, 0.2) is 95.3 Å². The van der Waals surface area contributed by atoms with Crippen LogP contribution in [0.2, 0.25) is 0 Å². The Morgan fingerprint density at radius 1 is 1.12 bits per heavy atom. The predicted molar refractivity (Wildman–Crippen MR) is 158 cm³/mol. The second-order valence-corrected chi connectivity index (χ2v) is 10.9. The average Bonchev–Trinajstić information content (AvgIpc) is 2.91. The van der Waals surface area contributed by atoms with Gasteiger partial charge in [-0.2, -0.15) is 0 Å². The molecule has 0 saturated heterocycles. The first-order valence-corrected chi connectivity index (χ1v) is 13.6. The molecule has 0 radical (unpaired) electrons. The molecule has 2 aromatic rings. The minimum atomic E-state index is -1.30. The van der Waals surface area contributed by atoms with E-state index < -0.39 is 17.8 Å². The first-order valence-electron chi connectivity index (χ1n) is 13.6. The molecular weight excluding hydrogens is 521 g/mol. The summed E-state index contributed by atoms with van der Waals surface area (Å²) >= 11 is 0. The third-order valence-corrected chi connectivity index (χ3v) is 6.99. The molecule has 1 aromatic heterocycles. The van der Waals surface area contributed by atoms with Crippen molar-refractivity contribution in [3.8, 4) is 5.75 Å². The Labute approximate surface area is 241 Å². The van der Waals surface area contributed by atoms with Gasteiger partial charge < -0.3 is 14.6 Å². The van der Waals surface area contributed by atoms with Crippen LogP contribution in [0.3, 0.4) is 0 Å². The molecule has 1 aromatic carbocycles. The third kappa shape index (κ3) is 9.41. The number of nitrogens with zero attached hydrogens (tertiary/aromatic N) is 1. The molecule has 0 aliphatic heterocycles. The monoisotopic (exact) mass is 559 g/mol. The number of aromatic carboxylic acids is 1. The van der Waals surface area contributed by atoms with Crippen LogP contribution >= 0.6 is 0 Å². The number of carboxylic acids is 1. The summed E-state index contributed by atoms with van der Waals surface area (Å²) in [5.74, 6) is -2.43. The summed E-state index contributed by atoms with van der Waals surface area (Å²) in [6, 6.07) is 6.88. The lowest BCUT2D eigenvalue weighted by molar-refractivity contribution is 0.0545. The summed E-state index contributed by atoms with van der Waals surface area (Å²) in [4.78, 5) is 28.0. The molecule has 7 heteroatoms. The molecular formula is C34H38FNO5. The standard InChI is InChI=1S/C34H38FNO5/c1-23(11-16-29-25(3)10-7-18-34(29,4)5)8-6-9-24(2)17-19-40-33(39)27-20-30(31(32(37)38)36-21-27)41-22-26-12-14-28(35)15-13-26/h6,8-9,11-17,20-21H,7,10,18-19,22H2,1-5H3,(H,37,38). The highest BCUT2D eigenvalue weighted by Gasteiger charge is 2.26. The number of halogens is 1. The molecule has 0 bridgehead atoms. The normalized spacial score (nSPS) is 16.0. The fourth-order valence-corrected chi connectivity index (χ4v) is 4.60. The van der Waals surface area contributed by atoms with Crippen molar-refractivity contribution < 1.29 is 28.6 Å². The average molecular weight is 560 g/mol. The molecule has 0 saturated carbocycles. The highest BCUT2D eigenvalue weighted by Crippen LogP contribution is 2.40. The van der Waals surface area contributed by atoms with Crippen molar-refractivity contribution in [3.63, 3.8) is 0 Å². The van der Waals surface area contributed by atoms with E-state index in [0.29, 0.717) is 5.56 Å². The first-order chi connectivity index (χ1) is 19.5. The Hall–Kier alpha value is -4.26. The lowest BCUT2D eigenvalue weighted by Crippen LogP contribution is -2.19. The Bertz CT molecular complexity index is 1410. The summed E-state index contributed by atoms with van der Waals surface area (Å²) < 4.78 is 24.0. The number of carbonyl (C=O) groups excluding carboxylic acids is 1. The molecule has 0 atom stereocenters. The van der Waals surface area contributed by atoms with Crippen LogP contribution in [0.25, 0.3) is 0 Å². The van der Waals surface area contributed by atoms with Crippen LogP contribution in [-0.4, -0.2) is 28.6 Å². The molecule has 0 unspecified atom stereocenters. The maximum atomic E-state index is 13.1. The van der Waals surface area contributed by atoms with Gasteiger partial charge in [-0.3, -0.25) is 0 Å². The SMILES string of the molecule is CC(C=CC1=C(C)CCCC1(C)C)=CC=CC(C)=CCOC(=O)c1cnc(C(=O)O)c(OCc2ccc(F)cc2)c1. The number of ether oxygens (including phenoxy) is 2. The lowest BCUT2D eigenvalue weighted by atomic mass is 9.72. The number of hydrogen-bond donors (Lipinski definition) is 1. The number of carboxylic acid groups (broad SMARTS) is 1. The van der Waals surface area contributed by atoms with Gasteiger partial charge in [-0.25, -0.2) is 19.0 Å². The topological polar surface area (TPSA) is 85.7 Å². The third-order valence-electron chi connectivity index (χ3n) is 6.99. The lowest BCUT2D eigenvalue weighted by Gasteiger charge is -2.32. The summed E-state index contributed by atoms with van der Waals surface area (Å²) in [7, 11) is 0. The van der Waals surface area contributed by atoms with Crippen LogP contribution in [-0.2, 0) is 11.3 Å². The Balaban J connectivity index is 1.57. The van der Waals surface area contributed by atoms with E-state index in [9.17, 15) is 19.1 Å². The number of carbonyl (C=O) groups is 2. The number of rotatable bonds is 11. The number of esters is 1. The maximum Gasteiger partial charge on any atom is 0.358 e. The van der Waals surface area contributed by atoms with E-state index in [-0.39, 0.29) is 35.6 Å². The largest absolute Gasteiger partial charge is 0.486 e. The summed E-state index contributed by atoms with van der Waals surface area (Å²) in [6.45, 7) is 10.8.